The van der Waals surface area contributed by atoms with Gasteiger partial charge in [-0.2, -0.15) is 0 Å². The molecule has 2 aliphatic heterocycles. The van der Waals surface area contributed by atoms with Crippen molar-refractivity contribution in [3.8, 4) is 0 Å². The molecule has 26 heavy (non-hydrogen) atoms. The van der Waals surface area contributed by atoms with Crippen LogP contribution in [0.25, 0.3) is 0 Å². The van der Waals surface area contributed by atoms with Gasteiger partial charge >= 0.3 is 0 Å². The third-order valence-corrected chi connectivity index (χ3v) is 5.14. The molecule has 2 rings (SSSR count). The Balaban J connectivity index is 0.00000338. The minimum atomic E-state index is 0. The van der Waals surface area contributed by atoms with Gasteiger partial charge < -0.3 is 19.7 Å². The first kappa shape index (κ1) is 24.0. The fourth-order valence-corrected chi connectivity index (χ4v) is 3.57. The molecule has 2 heterocycles. The molecule has 2 saturated heterocycles. The second kappa shape index (κ2) is 14.9. The van der Waals surface area contributed by atoms with Crippen molar-refractivity contribution in [2.45, 2.75) is 83.8 Å². The zero-order valence-corrected chi connectivity index (χ0v) is 19.2. The molecule has 1 unspecified atom stereocenters. The lowest BCUT2D eigenvalue weighted by molar-refractivity contribution is -0.0721. The SMILES string of the molecule is CCCCCCN=C(NCC)N1CCC(OCC2CCCCO2)CC1.I. The highest BCUT2D eigenvalue weighted by Crippen LogP contribution is 2.18. The third kappa shape index (κ3) is 9.22. The molecule has 0 radical (unpaired) electrons. The summed E-state index contributed by atoms with van der Waals surface area (Å²) in [6.45, 7) is 10.0. The first-order chi connectivity index (χ1) is 12.3. The monoisotopic (exact) mass is 481 g/mol. The highest BCUT2D eigenvalue weighted by Gasteiger charge is 2.23. The molecule has 2 aliphatic rings. The fraction of sp³-hybridized carbons (Fsp3) is 0.950. The van der Waals surface area contributed by atoms with Crippen LogP contribution < -0.4 is 5.32 Å². The summed E-state index contributed by atoms with van der Waals surface area (Å²) in [5, 5.41) is 3.46. The summed E-state index contributed by atoms with van der Waals surface area (Å²) in [6, 6.07) is 0. The van der Waals surface area contributed by atoms with Crippen LogP contribution in [0.5, 0.6) is 0 Å². The Bertz CT molecular complexity index is 368. The average molecular weight is 481 g/mol. The molecule has 0 spiro atoms. The number of rotatable bonds is 9. The molecule has 0 amide bonds. The normalized spacial score (nSPS) is 22.2. The summed E-state index contributed by atoms with van der Waals surface area (Å²) in [5.41, 5.74) is 0. The van der Waals surface area contributed by atoms with E-state index >= 15 is 0 Å². The smallest absolute Gasteiger partial charge is 0.193 e. The first-order valence-corrected chi connectivity index (χ1v) is 10.6. The molecular formula is C20H40IN3O2. The molecule has 5 nitrogen and oxygen atoms in total. The number of nitrogens with one attached hydrogen (secondary N) is 1. The molecular weight excluding hydrogens is 441 g/mol. The number of hydrogen-bond acceptors (Lipinski definition) is 3. The zero-order valence-electron chi connectivity index (χ0n) is 16.9. The maximum Gasteiger partial charge on any atom is 0.193 e. The Morgan fingerprint density at radius 2 is 1.92 bits per heavy atom. The lowest BCUT2D eigenvalue weighted by atomic mass is 10.1. The Morgan fingerprint density at radius 3 is 2.58 bits per heavy atom. The van der Waals surface area contributed by atoms with Crippen LogP contribution in [0.15, 0.2) is 4.99 Å². The second-order valence-corrected chi connectivity index (χ2v) is 7.30. The van der Waals surface area contributed by atoms with Gasteiger partial charge in [-0.15, -0.1) is 24.0 Å². The van der Waals surface area contributed by atoms with E-state index in [9.17, 15) is 0 Å². The quantitative estimate of drug-likeness (QED) is 0.232. The molecule has 154 valence electrons. The van der Waals surface area contributed by atoms with Crippen molar-refractivity contribution in [3.63, 3.8) is 0 Å². The van der Waals surface area contributed by atoms with E-state index in [1.54, 1.807) is 0 Å². The van der Waals surface area contributed by atoms with E-state index in [2.05, 4.69) is 24.1 Å². The van der Waals surface area contributed by atoms with Gasteiger partial charge in [-0.25, -0.2) is 0 Å². The summed E-state index contributed by atoms with van der Waals surface area (Å²) in [7, 11) is 0. The van der Waals surface area contributed by atoms with Crippen LogP contribution in [-0.2, 0) is 9.47 Å². The Labute approximate surface area is 177 Å². The van der Waals surface area contributed by atoms with Gasteiger partial charge in [0.1, 0.15) is 0 Å². The summed E-state index contributed by atoms with van der Waals surface area (Å²) in [4.78, 5) is 7.23. The number of nitrogens with zero attached hydrogens (tertiary/aromatic N) is 2. The van der Waals surface area contributed by atoms with E-state index in [1.807, 2.05) is 0 Å². The molecule has 2 fully saturated rings. The van der Waals surface area contributed by atoms with Crippen molar-refractivity contribution in [1.29, 1.82) is 0 Å². The summed E-state index contributed by atoms with van der Waals surface area (Å²) < 4.78 is 11.9. The number of likely N-dealkylation sites (tertiary alicyclic amines) is 1. The van der Waals surface area contributed by atoms with Crippen LogP contribution in [0.4, 0.5) is 0 Å². The van der Waals surface area contributed by atoms with Gasteiger partial charge in [-0.1, -0.05) is 26.2 Å². The molecule has 1 N–H and O–H groups in total. The van der Waals surface area contributed by atoms with Gasteiger partial charge in [0, 0.05) is 32.8 Å². The molecule has 6 heteroatoms. The van der Waals surface area contributed by atoms with E-state index < -0.39 is 0 Å². The van der Waals surface area contributed by atoms with Crippen molar-refractivity contribution in [2.24, 2.45) is 4.99 Å². The predicted octanol–water partition coefficient (Wildman–Crippen LogP) is 4.20. The van der Waals surface area contributed by atoms with Crippen molar-refractivity contribution >= 4 is 29.9 Å². The van der Waals surface area contributed by atoms with Crippen molar-refractivity contribution in [2.75, 3.05) is 39.4 Å². The number of aliphatic imine (C=N–C) groups is 1. The molecule has 0 aromatic rings. The lowest BCUT2D eigenvalue weighted by Crippen LogP contribution is -2.47. The second-order valence-electron chi connectivity index (χ2n) is 7.30. The van der Waals surface area contributed by atoms with Crippen molar-refractivity contribution < 1.29 is 9.47 Å². The van der Waals surface area contributed by atoms with Gasteiger partial charge in [0.15, 0.2) is 5.96 Å². The predicted molar refractivity (Wildman–Crippen MR) is 120 cm³/mol. The van der Waals surface area contributed by atoms with Gasteiger partial charge in [-0.05, 0) is 45.4 Å². The van der Waals surface area contributed by atoms with E-state index in [0.29, 0.717) is 12.2 Å². The maximum atomic E-state index is 6.12. The fourth-order valence-electron chi connectivity index (χ4n) is 3.57. The average Bonchev–Trinajstić information content (AvgIpc) is 2.67. The minimum absolute atomic E-state index is 0. The standard InChI is InChI=1S/C20H39N3O2.HI/c1-3-5-6-8-13-22-20(21-4-2)23-14-11-18(12-15-23)25-17-19-10-7-9-16-24-19;/h18-19H,3-17H2,1-2H3,(H,21,22);1H. The lowest BCUT2D eigenvalue weighted by Gasteiger charge is -2.35. The minimum Gasteiger partial charge on any atom is -0.376 e. The van der Waals surface area contributed by atoms with Crippen LogP contribution in [-0.4, -0.2) is 62.5 Å². The van der Waals surface area contributed by atoms with Crippen LogP contribution in [0, 0.1) is 0 Å². The maximum absolute atomic E-state index is 6.12. The molecule has 0 saturated carbocycles. The Morgan fingerprint density at radius 1 is 1.12 bits per heavy atom. The molecule has 0 bridgehead atoms. The van der Waals surface area contributed by atoms with Crippen molar-refractivity contribution in [1.82, 2.24) is 10.2 Å². The molecule has 0 aliphatic carbocycles. The molecule has 0 aromatic carbocycles. The van der Waals surface area contributed by atoms with Gasteiger partial charge in [-0.3, -0.25) is 4.99 Å². The number of ether oxygens (including phenoxy) is 2. The summed E-state index contributed by atoms with van der Waals surface area (Å²) in [6.07, 6.45) is 11.6. The number of unbranched alkanes of at least 4 members (excludes halogenated alkanes) is 3. The zero-order chi connectivity index (χ0) is 17.7. The summed E-state index contributed by atoms with van der Waals surface area (Å²) in [5.74, 6) is 1.09. The van der Waals surface area contributed by atoms with E-state index in [4.69, 9.17) is 14.5 Å². The number of halogens is 1. The molecule has 1 atom stereocenters. The van der Waals surface area contributed by atoms with E-state index in [0.717, 1.165) is 64.6 Å². The van der Waals surface area contributed by atoms with Crippen molar-refractivity contribution in [3.05, 3.63) is 0 Å². The highest BCUT2D eigenvalue weighted by atomic mass is 127. The first-order valence-electron chi connectivity index (χ1n) is 10.6. The Kier molecular flexibility index (Phi) is 13.7. The van der Waals surface area contributed by atoms with E-state index in [1.165, 1.54) is 38.5 Å². The van der Waals surface area contributed by atoms with Crippen LogP contribution in [0.3, 0.4) is 0 Å². The largest absolute Gasteiger partial charge is 0.376 e. The molecule has 0 aromatic heterocycles. The van der Waals surface area contributed by atoms with Gasteiger partial charge in [0.05, 0.1) is 18.8 Å². The third-order valence-electron chi connectivity index (χ3n) is 5.14. The number of piperidine rings is 1. The van der Waals surface area contributed by atoms with Gasteiger partial charge in [0.2, 0.25) is 0 Å². The van der Waals surface area contributed by atoms with Crippen LogP contribution >= 0.6 is 24.0 Å². The number of guanidine groups is 1. The highest BCUT2D eigenvalue weighted by molar-refractivity contribution is 14.0. The van der Waals surface area contributed by atoms with Crippen LogP contribution in [0.2, 0.25) is 0 Å². The van der Waals surface area contributed by atoms with E-state index in [-0.39, 0.29) is 24.0 Å². The topological polar surface area (TPSA) is 46.1 Å². The number of hydrogen-bond donors (Lipinski definition) is 1. The summed E-state index contributed by atoms with van der Waals surface area (Å²) >= 11 is 0. The Hall–Kier alpha value is -0.0800. The van der Waals surface area contributed by atoms with Gasteiger partial charge in [0.25, 0.3) is 0 Å². The van der Waals surface area contributed by atoms with Crippen LogP contribution in [0.1, 0.15) is 71.6 Å².